The lowest BCUT2D eigenvalue weighted by molar-refractivity contribution is -0.119. The van der Waals surface area contributed by atoms with Crippen molar-refractivity contribution in [3.05, 3.63) is 48.0 Å². The zero-order chi connectivity index (χ0) is 17.8. The van der Waals surface area contributed by atoms with E-state index in [4.69, 9.17) is 9.47 Å². The minimum Gasteiger partial charge on any atom is -0.484 e. The molecule has 0 spiro atoms. The Bertz CT molecular complexity index is 785. The van der Waals surface area contributed by atoms with Gasteiger partial charge in [-0.15, -0.1) is 0 Å². The Labute approximate surface area is 146 Å². The Hall–Kier alpha value is -3.02. The third-order valence-electron chi connectivity index (χ3n) is 3.81. The highest BCUT2D eigenvalue weighted by molar-refractivity contribution is 5.97. The summed E-state index contributed by atoms with van der Waals surface area (Å²) in [6.07, 6.45) is 0. The maximum absolute atomic E-state index is 12.0. The third-order valence-corrected chi connectivity index (χ3v) is 3.81. The second kappa shape index (κ2) is 7.25. The fraction of sp³-hybridized carbons (Fsp3) is 0.263. The number of ether oxygens (including phenoxy) is 2. The molecule has 2 N–H and O–H groups in total. The van der Waals surface area contributed by atoms with Crippen LogP contribution < -0.4 is 20.1 Å². The highest BCUT2D eigenvalue weighted by atomic mass is 16.5. The molecule has 6 heteroatoms. The number of amides is 2. The first-order valence-corrected chi connectivity index (χ1v) is 8.10. The van der Waals surface area contributed by atoms with Gasteiger partial charge in [0.1, 0.15) is 11.5 Å². The average Bonchev–Trinajstić information content (AvgIpc) is 2.60. The molecule has 0 fully saturated rings. The number of rotatable bonds is 5. The van der Waals surface area contributed by atoms with Gasteiger partial charge in [0, 0.05) is 5.69 Å². The molecule has 130 valence electrons. The monoisotopic (exact) mass is 340 g/mol. The molecule has 1 heterocycles. The molecule has 0 saturated heterocycles. The van der Waals surface area contributed by atoms with Crippen molar-refractivity contribution in [1.82, 2.24) is 0 Å². The van der Waals surface area contributed by atoms with E-state index in [1.54, 1.807) is 18.2 Å². The van der Waals surface area contributed by atoms with Gasteiger partial charge in [0.05, 0.1) is 5.69 Å². The van der Waals surface area contributed by atoms with Crippen LogP contribution in [0.15, 0.2) is 42.5 Å². The van der Waals surface area contributed by atoms with Gasteiger partial charge in [0.25, 0.3) is 11.8 Å². The summed E-state index contributed by atoms with van der Waals surface area (Å²) in [5, 5.41) is 5.44. The van der Waals surface area contributed by atoms with E-state index in [9.17, 15) is 9.59 Å². The highest BCUT2D eigenvalue weighted by Gasteiger charge is 2.16. The van der Waals surface area contributed by atoms with Gasteiger partial charge in [-0.25, -0.2) is 0 Å². The number of fused-ring (bicyclic) bond motifs is 1. The average molecular weight is 340 g/mol. The Morgan fingerprint density at radius 1 is 1.24 bits per heavy atom. The van der Waals surface area contributed by atoms with Crippen LogP contribution in [0.3, 0.4) is 0 Å². The number of hydrogen-bond acceptors (Lipinski definition) is 4. The molecule has 0 saturated carbocycles. The van der Waals surface area contributed by atoms with Gasteiger partial charge in [0.15, 0.2) is 13.2 Å². The van der Waals surface area contributed by atoms with E-state index in [1.165, 1.54) is 5.56 Å². The van der Waals surface area contributed by atoms with E-state index >= 15 is 0 Å². The molecule has 3 rings (SSSR count). The minimum atomic E-state index is -0.282. The van der Waals surface area contributed by atoms with Crippen LogP contribution in [0.5, 0.6) is 11.5 Å². The van der Waals surface area contributed by atoms with Gasteiger partial charge in [-0.3, -0.25) is 9.59 Å². The molecule has 2 aromatic rings. The van der Waals surface area contributed by atoms with Gasteiger partial charge in [-0.1, -0.05) is 26.0 Å². The third kappa shape index (κ3) is 4.29. The summed E-state index contributed by atoms with van der Waals surface area (Å²) in [5.74, 6) is 1.18. The van der Waals surface area contributed by atoms with Crippen molar-refractivity contribution >= 4 is 23.2 Å². The first-order valence-electron chi connectivity index (χ1n) is 8.10. The van der Waals surface area contributed by atoms with Gasteiger partial charge < -0.3 is 20.1 Å². The summed E-state index contributed by atoms with van der Waals surface area (Å²) in [6, 6.07) is 12.8. The first-order chi connectivity index (χ1) is 12.0. The molecular formula is C19H20N2O4. The van der Waals surface area contributed by atoms with Gasteiger partial charge in [0.2, 0.25) is 0 Å². The molecular weight excluding hydrogens is 320 g/mol. The van der Waals surface area contributed by atoms with Crippen LogP contribution in [0.2, 0.25) is 0 Å². The summed E-state index contributed by atoms with van der Waals surface area (Å²) in [5.41, 5.74) is 2.32. The van der Waals surface area contributed by atoms with Crippen molar-refractivity contribution in [1.29, 1.82) is 0 Å². The van der Waals surface area contributed by atoms with E-state index in [0.29, 0.717) is 28.8 Å². The lowest BCUT2D eigenvalue weighted by atomic mass is 10.0. The van der Waals surface area contributed by atoms with Crippen molar-refractivity contribution in [2.75, 3.05) is 23.8 Å². The van der Waals surface area contributed by atoms with Gasteiger partial charge >= 0.3 is 0 Å². The van der Waals surface area contributed by atoms with Crippen LogP contribution in [0.25, 0.3) is 0 Å². The van der Waals surface area contributed by atoms with Crippen molar-refractivity contribution in [3.63, 3.8) is 0 Å². The second-order valence-electron chi connectivity index (χ2n) is 6.11. The molecule has 0 aromatic heterocycles. The zero-order valence-corrected chi connectivity index (χ0v) is 14.2. The molecule has 0 unspecified atom stereocenters. The summed E-state index contributed by atoms with van der Waals surface area (Å²) >= 11 is 0. The summed E-state index contributed by atoms with van der Waals surface area (Å²) < 4.78 is 10.8. The van der Waals surface area contributed by atoms with Crippen LogP contribution in [0, 0.1) is 0 Å². The zero-order valence-electron chi connectivity index (χ0n) is 14.2. The lowest BCUT2D eigenvalue weighted by Crippen LogP contribution is -2.25. The lowest BCUT2D eigenvalue weighted by Gasteiger charge is -2.18. The van der Waals surface area contributed by atoms with E-state index < -0.39 is 0 Å². The Morgan fingerprint density at radius 2 is 2.00 bits per heavy atom. The van der Waals surface area contributed by atoms with E-state index in [1.807, 2.05) is 24.3 Å². The normalized spacial score (nSPS) is 12.8. The smallest absolute Gasteiger partial charge is 0.262 e. The molecule has 0 radical (unpaired) electrons. The predicted molar refractivity (Wildman–Crippen MR) is 95.2 cm³/mol. The van der Waals surface area contributed by atoms with Crippen molar-refractivity contribution in [2.24, 2.45) is 0 Å². The molecule has 6 nitrogen and oxygen atoms in total. The van der Waals surface area contributed by atoms with E-state index in [2.05, 4.69) is 24.5 Å². The number of carbonyl (C=O) groups excluding carboxylic acids is 2. The van der Waals surface area contributed by atoms with Crippen LogP contribution in [-0.4, -0.2) is 25.0 Å². The number of anilines is 2. The van der Waals surface area contributed by atoms with Crippen molar-refractivity contribution in [3.8, 4) is 11.5 Å². The van der Waals surface area contributed by atoms with Crippen LogP contribution >= 0.6 is 0 Å². The molecule has 1 aliphatic rings. The Morgan fingerprint density at radius 3 is 2.72 bits per heavy atom. The summed E-state index contributed by atoms with van der Waals surface area (Å²) in [6.45, 7) is 4.15. The number of benzene rings is 2. The topological polar surface area (TPSA) is 76.7 Å². The minimum absolute atomic E-state index is 0.00213. The highest BCUT2D eigenvalue weighted by Crippen LogP contribution is 2.30. The van der Waals surface area contributed by atoms with E-state index in [0.717, 1.165) is 0 Å². The fourth-order valence-electron chi connectivity index (χ4n) is 2.46. The standard InChI is InChI=1S/C19H20N2O4/c1-12(2)13-3-6-15(7-4-13)24-10-18(22)20-14-5-8-17-16(9-14)21-19(23)11-25-17/h3-9,12H,10-11H2,1-2H3,(H,20,22)(H,21,23). The molecule has 1 aliphatic heterocycles. The molecule has 2 amide bonds. The second-order valence-corrected chi connectivity index (χ2v) is 6.11. The largest absolute Gasteiger partial charge is 0.484 e. The summed E-state index contributed by atoms with van der Waals surface area (Å²) in [4.78, 5) is 23.4. The molecule has 0 atom stereocenters. The Balaban J connectivity index is 1.56. The quantitative estimate of drug-likeness (QED) is 0.876. The maximum atomic E-state index is 12.0. The SMILES string of the molecule is CC(C)c1ccc(OCC(=O)Nc2ccc3c(c2)NC(=O)CO3)cc1. The van der Waals surface area contributed by atoms with Crippen molar-refractivity contribution < 1.29 is 19.1 Å². The molecule has 0 bridgehead atoms. The van der Waals surface area contributed by atoms with Crippen LogP contribution in [0.1, 0.15) is 25.3 Å². The molecule has 25 heavy (non-hydrogen) atoms. The summed E-state index contributed by atoms with van der Waals surface area (Å²) in [7, 11) is 0. The number of hydrogen-bond donors (Lipinski definition) is 2. The van der Waals surface area contributed by atoms with Crippen LogP contribution in [-0.2, 0) is 9.59 Å². The first kappa shape index (κ1) is 16.8. The van der Waals surface area contributed by atoms with Gasteiger partial charge in [-0.2, -0.15) is 0 Å². The Kier molecular flexibility index (Phi) is 4.88. The number of nitrogens with one attached hydrogen (secondary N) is 2. The predicted octanol–water partition coefficient (Wildman–Crippen LogP) is 3.16. The number of carbonyl (C=O) groups is 2. The molecule has 0 aliphatic carbocycles. The van der Waals surface area contributed by atoms with E-state index in [-0.39, 0.29) is 25.0 Å². The van der Waals surface area contributed by atoms with Gasteiger partial charge in [-0.05, 0) is 41.8 Å². The molecule has 2 aromatic carbocycles. The van der Waals surface area contributed by atoms with Crippen molar-refractivity contribution in [2.45, 2.75) is 19.8 Å². The van der Waals surface area contributed by atoms with Crippen LogP contribution in [0.4, 0.5) is 11.4 Å². The maximum Gasteiger partial charge on any atom is 0.262 e. The fourth-order valence-corrected chi connectivity index (χ4v) is 2.46.